The summed E-state index contributed by atoms with van der Waals surface area (Å²) in [6.45, 7) is 3.52. The van der Waals surface area contributed by atoms with Crippen molar-refractivity contribution in [2.75, 3.05) is 7.11 Å². The molecular formula is C11H12O4. The van der Waals surface area contributed by atoms with E-state index in [2.05, 4.69) is 4.74 Å². The third-order valence-electron chi connectivity index (χ3n) is 2.32. The van der Waals surface area contributed by atoms with Crippen LogP contribution in [0.1, 0.15) is 31.8 Å². The number of carbonyl (C=O) groups excluding carboxylic acids is 1. The molecule has 0 spiro atoms. The van der Waals surface area contributed by atoms with Gasteiger partial charge in [0, 0.05) is 0 Å². The van der Waals surface area contributed by atoms with Gasteiger partial charge in [-0.3, -0.25) is 0 Å². The van der Waals surface area contributed by atoms with Gasteiger partial charge in [0.25, 0.3) is 0 Å². The molecule has 0 aliphatic heterocycles. The Hall–Kier alpha value is -1.84. The minimum atomic E-state index is -1.05. The Labute approximate surface area is 87.5 Å². The highest BCUT2D eigenvalue weighted by atomic mass is 16.5. The molecule has 0 aliphatic carbocycles. The predicted octanol–water partition coefficient (Wildman–Crippen LogP) is 1.79. The fraction of sp³-hybridized carbons (Fsp3) is 0.273. The Bertz CT molecular complexity index is 421. The molecule has 0 atom stereocenters. The van der Waals surface area contributed by atoms with Gasteiger partial charge < -0.3 is 9.84 Å². The number of rotatable bonds is 2. The van der Waals surface area contributed by atoms with Gasteiger partial charge in [0.1, 0.15) is 0 Å². The van der Waals surface area contributed by atoms with Crippen molar-refractivity contribution in [3.05, 3.63) is 34.4 Å². The Kier molecular flexibility index (Phi) is 3.09. The molecule has 1 aromatic rings. The van der Waals surface area contributed by atoms with Gasteiger partial charge in [-0.15, -0.1) is 0 Å². The van der Waals surface area contributed by atoms with E-state index in [0.29, 0.717) is 5.56 Å². The SMILES string of the molecule is COC(=O)c1cc(C(=O)O)cc(C)c1C. The Morgan fingerprint density at radius 2 is 1.87 bits per heavy atom. The van der Waals surface area contributed by atoms with E-state index in [0.717, 1.165) is 11.1 Å². The van der Waals surface area contributed by atoms with Crippen LogP contribution in [0.5, 0.6) is 0 Å². The Balaban J connectivity index is 3.37. The zero-order valence-corrected chi connectivity index (χ0v) is 8.83. The molecule has 0 saturated heterocycles. The highest BCUT2D eigenvalue weighted by molar-refractivity contribution is 5.96. The van der Waals surface area contributed by atoms with Gasteiger partial charge in [-0.2, -0.15) is 0 Å². The highest BCUT2D eigenvalue weighted by Crippen LogP contribution is 2.17. The van der Waals surface area contributed by atoms with Gasteiger partial charge in [-0.1, -0.05) is 0 Å². The lowest BCUT2D eigenvalue weighted by Gasteiger charge is -2.08. The van der Waals surface area contributed by atoms with E-state index in [-0.39, 0.29) is 5.56 Å². The quantitative estimate of drug-likeness (QED) is 0.752. The van der Waals surface area contributed by atoms with Crippen molar-refractivity contribution >= 4 is 11.9 Å². The van der Waals surface area contributed by atoms with Crippen molar-refractivity contribution in [1.82, 2.24) is 0 Å². The smallest absolute Gasteiger partial charge is 0.338 e. The van der Waals surface area contributed by atoms with E-state index in [9.17, 15) is 9.59 Å². The lowest BCUT2D eigenvalue weighted by molar-refractivity contribution is 0.0600. The lowest BCUT2D eigenvalue weighted by atomic mass is 10.00. The topological polar surface area (TPSA) is 63.6 Å². The maximum Gasteiger partial charge on any atom is 0.338 e. The summed E-state index contributed by atoms with van der Waals surface area (Å²) in [4.78, 5) is 22.1. The summed E-state index contributed by atoms with van der Waals surface area (Å²) in [7, 11) is 1.27. The number of esters is 1. The molecule has 0 radical (unpaired) electrons. The number of aromatic carboxylic acids is 1. The van der Waals surface area contributed by atoms with Crippen molar-refractivity contribution < 1.29 is 19.4 Å². The van der Waals surface area contributed by atoms with E-state index >= 15 is 0 Å². The number of carboxylic acid groups (broad SMARTS) is 1. The Morgan fingerprint density at radius 3 is 2.33 bits per heavy atom. The van der Waals surface area contributed by atoms with Crippen LogP contribution < -0.4 is 0 Å². The van der Waals surface area contributed by atoms with Crippen LogP contribution in [-0.2, 0) is 4.74 Å². The second-order valence-corrected chi connectivity index (χ2v) is 3.26. The normalized spacial score (nSPS) is 9.80. The third-order valence-corrected chi connectivity index (χ3v) is 2.32. The van der Waals surface area contributed by atoms with Crippen molar-refractivity contribution in [1.29, 1.82) is 0 Å². The first-order valence-electron chi connectivity index (χ1n) is 4.40. The molecular weight excluding hydrogens is 196 g/mol. The van der Waals surface area contributed by atoms with Crippen LogP contribution in [0.2, 0.25) is 0 Å². The Morgan fingerprint density at radius 1 is 1.27 bits per heavy atom. The summed E-state index contributed by atoms with van der Waals surface area (Å²) >= 11 is 0. The van der Waals surface area contributed by atoms with E-state index in [1.807, 2.05) is 0 Å². The fourth-order valence-electron chi connectivity index (χ4n) is 1.30. The summed E-state index contributed by atoms with van der Waals surface area (Å²) in [5.74, 6) is -1.57. The summed E-state index contributed by atoms with van der Waals surface area (Å²) in [6, 6.07) is 2.86. The van der Waals surface area contributed by atoms with Crippen LogP contribution in [0.25, 0.3) is 0 Å². The molecule has 1 rings (SSSR count). The summed E-state index contributed by atoms with van der Waals surface area (Å²) in [5, 5.41) is 8.83. The monoisotopic (exact) mass is 208 g/mol. The van der Waals surface area contributed by atoms with E-state index in [1.165, 1.54) is 19.2 Å². The van der Waals surface area contributed by atoms with Crippen molar-refractivity contribution in [2.45, 2.75) is 13.8 Å². The largest absolute Gasteiger partial charge is 0.478 e. The van der Waals surface area contributed by atoms with Crippen LogP contribution in [0.4, 0.5) is 0 Å². The minimum Gasteiger partial charge on any atom is -0.478 e. The maximum atomic E-state index is 11.3. The third kappa shape index (κ3) is 2.15. The average Bonchev–Trinajstić information content (AvgIpc) is 2.20. The standard InChI is InChI=1S/C11H12O4/c1-6-4-8(10(12)13)5-9(7(6)2)11(14)15-3/h4-5H,1-3H3,(H,12,13). The lowest BCUT2D eigenvalue weighted by Crippen LogP contribution is -2.08. The highest BCUT2D eigenvalue weighted by Gasteiger charge is 2.14. The molecule has 15 heavy (non-hydrogen) atoms. The average molecular weight is 208 g/mol. The summed E-state index contributed by atoms with van der Waals surface area (Å²) in [6.07, 6.45) is 0. The van der Waals surface area contributed by atoms with E-state index < -0.39 is 11.9 Å². The predicted molar refractivity (Wildman–Crippen MR) is 54.2 cm³/mol. The molecule has 0 aromatic heterocycles. The molecule has 0 heterocycles. The van der Waals surface area contributed by atoms with Crippen molar-refractivity contribution in [3.8, 4) is 0 Å². The molecule has 1 N–H and O–H groups in total. The molecule has 0 saturated carbocycles. The van der Waals surface area contributed by atoms with Crippen LogP contribution in [-0.4, -0.2) is 24.2 Å². The number of hydrogen-bond donors (Lipinski definition) is 1. The molecule has 0 aliphatic rings. The maximum absolute atomic E-state index is 11.3. The van der Waals surface area contributed by atoms with Crippen LogP contribution in [0.15, 0.2) is 12.1 Å². The van der Waals surface area contributed by atoms with Crippen LogP contribution in [0, 0.1) is 13.8 Å². The molecule has 80 valence electrons. The molecule has 0 bridgehead atoms. The van der Waals surface area contributed by atoms with Crippen molar-refractivity contribution in [3.63, 3.8) is 0 Å². The number of aryl methyl sites for hydroxylation is 1. The van der Waals surface area contributed by atoms with Gasteiger partial charge in [-0.25, -0.2) is 9.59 Å². The van der Waals surface area contributed by atoms with Crippen LogP contribution >= 0.6 is 0 Å². The number of ether oxygens (including phenoxy) is 1. The molecule has 0 amide bonds. The van der Waals surface area contributed by atoms with Gasteiger partial charge in [0.05, 0.1) is 18.2 Å². The van der Waals surface area contributed by atoms with Gasteiger partial charge in [-0.05, 0) is 37.1 Å². The van der Waals surface area contributed by atoms with E-state index in [4.69, 9.17) is 5.11 Å². The number of methoxy groups -OCH3 is 1. The first-order chi connectivity index (χ1) is 6.97. The molecule has 4 heteroatoms. The molecule has 0 fully saturated rings. The van der Waals surface area contributed by atoms with Gasteiger partial charge in [0.2, 0.25) is 0 Å². The molecule has 4 nitrogen and oxygen atoms in total. The van der Waals surface area contributed by atoms with Crippen molar-refractivity contribution in [2.24, 2.45) is 0 Å². The second-order valence-electron chi connectivity index (χ2n) is 3.26. The van der Waals surface area contributed by atoms with Crippen LogP contribution in [0.3, 0.4) is 0 Å². The zero-order chi connectivity index (χ0) is 11.6. The fourth-order valence-corrected chi connectivity index (χ4v) is 1.30. The first kappa shape index (κ1) is 11.2. The summed E-state index contributed by atoms with van der Waals surface area (Å²) < 4.78 is 4.57. The number of carbonyl (C=O) groups is 2. The number of benzene rings is 1. The summed E-state index contributed by atoms with van der Waals surface area (Å²) in [5.41, 5.74) is 1.90. The van der Waals surface area contributed by atoms with Gasteiger partial charge >= 0.3 is 11.9 Å². The zero-order valence-electron chi connectivity index (χ0n) is 8.83. The van der Waals surface area contributed by atoms with Gasteiger partial charge in [0.15, 0.2) is 0 Å². The number of carboxylic acids is 1. The minimum absolute atomic E-state index is 0.0958. The van der Waals surface area contributed by atoms with E-state index in [1.54, 1.807) is 13.8 Å². The molecule has 1 aromatic carbocycles. The molecule has 0 unspecified atom stereocenters. The second kappa shape index (κ2) is 4.13. The first-order valence-corrected chi connectivity index (χ1v) is 4.40. The number of hydrogen-bond acceptors (Lipinski definition) is 3.